The van der Waals surface area contributed by atoms with Gasteiger partial charge in [0.2, 0.25) is 0 Å². The van der Waals surface area contributed by atoms with E-state index >= 15 is 0 Å². The van der Waals surface area contributed by atoms with E-state index in [1.807, 2.05) is 0 Å². The third kappa shape index (κ3) is 2.25. The topological polar surface area (TPSA) is 55.1 Å². The second-order valence-corrected chi connectivity index (χ2v) is 4.14. The molecule has 1 heterocycles. The summed E-state index contributed by atoms with van der Waals surface area (Å²) in [6, 6.07) is 6.67. The Morgan fingerprint density at radius 1 is 1.44 bits per heavy atom. The van der Waals surface area contributed by atoms with Gasteiger partial charge in [0, 0.05) is 6.07 Å². The Labute approximate surface area is 105 Å². The van der Waals surface area contributed by atoms with Crippen molar-refractivity contribution in [3.8, 4) is 0 Å². The van der Waals surface area contributed by atoms with E-state index in [-0.39, 0.29) is 11.6 Å². The lowest BCUT2D eigenvalue weighted by Gasteiger charge is -2.06. The van der Waals surface area contributed by atoms with Crippen LogP contribution in [-0.4, -0.2) is 11.1 Å². The maximum atomic E-state index is 11.6. The summed E-state index contributed by atoms with van der Waals surface area (Å²) >= 11 is 9.17. The predicted octanol–water partition coefficient (Wildman–Crippen LogP) is 3.34. The molecule has 0 radical (unpaired) electrons. The predicted molar refractivity (Wildman–Crippen MR) is 63.6 cm³/mol. The zero-order chi connectivity index (χ0) is 11.5. The highest BCUT2D eigenvalue weighted by atomic mass is 79.9. The van der Waals surface area contributed by atoms with Crippen molar-refractivity contribution in [3.63, 3.8) is 0 Å². The average molecular weight is 302 g/mol. The van der Waals surface area contributed by atoms with E-state index in [2.05, 4.69) is 30.9 Å². The van der Waals surface area contributed by atoms with Crippen LogP contribution in [0.25, 0.3) is 0 Å². The highest BCUT2D eigenvalue weighted by Crippen LogP contribution is 2.30. The monoisotopic (exact) mass is 300 g/mol. The van der Waals surface area contributed by atoms with Crippen molar-refractivity contribution >= 4 is 39.1 Å². The van der Waals surface area contributed by atoms with Crippen LogP contribution in [0.4, 0.5) is 5.69 Å². The van der Waals surface area contributed by atoms with Gasteiger partial charge < -0.3 is 9.84 Å². The molecule has 2 rings (SSSR count). The van der Waals surface area contributed by atoms with Crippen molar-refractivity contribution in [3.05, 3.63) is 45.7 Å². The normalized spacial score (nSPS) is 10.1. The summed E-state index contributed by atoms with van der Waals surface area (Å²) in [7, 11) is 0. The van der Waals surface area contributed by atoms with E-state index in [0.717, 1.165) is 0 Å². The number of aromatic nitrogens is 1. The highest BCUT2D eigenvalue weighted by molar-refractivity contribution is 9.10. The van der Waals surface area contributed by atoms with Crippen LogP contribution in [0.5, 0.6) is 0 Å². The number of nitrogens with zero attached hydrogens (tertiary/aromatic N) is 1. The molecule has 0 aliphatic carbocycles. The third-order valence-corrected chi connectivity index (χ3v) is 3.27. The molecule has 0 fully saturated rings. The SMILES string of the molecule is O=C(Nc1cccc(Cl)c1Br)c1ccon1. The Kier molecular flexibility index (Phi) is 3.26. The molecule has 82 valence electrons. The van der Waals surface area contributed by atoms with Crippen molar-refractivity contribution in [2.75, 3.05) is 5.32 Å². The molecule has 0 unspecified atom stereocenters. The standard InChI is InChI=1S/C10H6BrClN2O2/c11-9-6(12)2-1-3-7(9)13-10(15)8-4-5-16-14-8/h1-5H,(H,13,15). The molecule has 6 heteroatoms. The van der Waals surface area contributed by atoms with Crippen LogP contribution in [0.3, 0.4) is 0 Å². The van der Waals surface area contributed by atoms with E-state index in [9.17, 15) is 4.79 Å². The Bertz CT molecular complexity index is 514. The number of anilines is 1. The van der Waals surface area contributed by atoms with Gasteiger partial charge in [-0.1, -0.05) is 22.8 Å². The van der Waals surface area contributed by atoms with Gasteiger partial charge in [-0.05, 0) is 28.1 Å². The number of halogens is 2. The maximum Gasteiger partial charge on any atom is 0.277 e. The largest absolute Gasteiger partial charge is 0.364 e. The Hall–Kier alpha value is -1.33. The molecule has 4 nitrogen and oxygen atoms in total. The quantitative estimate of drug-likeness (QED) is 0.925. The molecule has 1 aromatic heterocycles. The van der Waals surface area contributed by atoms with E-state index < -0.39 is 0 Å². The van der Waals surface area contributed by atoms with Crippen LogP contribution in [-0.2, 0) is 0 Å². The fraction of sp³-hybridized carbons (Fsp3) is 0. The van der Waals surface area contributed by atoms with Gasteiger partial charge in [-0.3, -0.25) is 4.79 Å². The highest BCUT2D eigenvalue weighted by Gasteiger charge is 2.11. The van der Waals surface area contributed by atoms with Crippen molar-refractivity contribution in [1.29, 1.82) is 0 Å². The lowest BCUT2D eigenvalue weighted by atomic mass is 10.3. The summed E-state index contributed by atoms with van der Waals surface area (Å²) in [5.41, 5.74) is 0.798. The lowest BCUT2D eigenvalue weighted by Crippen LogP contribution is -2.12. The molecule has 0 bridgehead atoms. The Morgan fingerprint density at radius 2 is 2.25 bits per heavy atom. The first kappa shape index (κ1) is 11.2. The third-order valence-electron chi connectivity index (χ3n) is 1.87. The van der Waals surface area contributed by atoms with Crippen molar-refractivity contribution in [1.82, 2.24) is 5.16 Å². The number of amides is 1. The molecule has 1 amide bonds. The van der Waals surface area contributed by atoms with Crippen LogP contribution < -0.4 is 5.32 Å². The van der Waals surface area contributed by atoms with Crippen LogP contribution in [0.15, 0.2) is 39.5 Å². The van der Waals surface area contributed by atoms with E-state index in [1.54, 1.807) is 18.2 Å². The summed E-state index contributed by atoms with van der Waals surface area (Å²) in [5.74, 6) is -0.350. The maximum absolute atomic E-state index is 11.6. The zero-order valence-electron chi connectivity index (χ0n) is 7.91. The number of hydrogen-bond donors (Lipinski definition) is 1. The number of rotatable bonds is 2. The minimum atomic E-state index is -0.350. The first-order chi connectivity index (χ1) is 7.68. The van der Waals surface area contributed by atoms with Crippen molar-refractivity contribution in [2.45, 2.75) is 0 Å². The fourth-order valence-corrected chi connectivity index (χ4v) is 1.65. The summed E-state index contributed by atoms with van der Waals surface area (Å²) in [4.78, 5) is 11.6. The second kappa shape index (κ2) is 4.67. The number of benzene rings is 1. The molecule has 16 heavy (non-hydrogen) atoms. The van der Waals surface area contributed by atoms with Gasteiger partial charge in [0.05, 0.1) is 15.2 Å². The number of nitrogens with one attached hydrogen (secondary N) is 1. The number of hydrogen-bond acceptors (Lipinski definition) is 3. The van der Waals surface area contributed by atoms with Gasteiger partial charge in [-0.2, -0.15) is 0 Å². The minimum absolute atomic E-state index is 0.215. The summed E-state index contributed by atoms with van der Waals surface area (Å²) < 4.78 is 5.21. The molecule has 1 aromatic carbocycles. The average Bonchev–Trinajstić information content (AvgIpc) is 2.78. The van der Waals surface area contributed by atoms with E-state index in [4.69, 9.17) is 11.6 Å². The van der Waals surface area contributed by atoms with Gasteiger partial charge in [0.1, 0.15) is 6.26 Å². The minimum Gasteiger partial charge on any atom is -0.364 e. The van der Waals surface area contributed by atoms with Crippen molar-refractivity contribution < 1.29 is 9.32 Å². The Morgan fingerprint density at radius 3 is 2.94 bits per heavy atom. The molecular weight excluding hydrogens is 295 g/mol. The molecule has 1 N–H and O–H groups in total. The van der Waals surface area contributed by atoms with Crippen LogP contribution in [0.2, 0.25) is 5.02 Å². The number of carbonyl (C=O) groups is 1. The van der Waals surface area contributed by atoms with Crippen LogP contribution in [0.1, 0.15) is 10.5 Å². The van der Waals surface area contributed by atoms with Gasteiger partial charge in [-0.15, -0.1) is 0 Å². The molecule has 2 aromatic rings. The van der Waals surface area contributed by atoms with Gasteiger partial charge in [0.15, 0.2) is 5.69 Å². The summed E-state index contributed by atoms with van der Waals surface area (Å²) in [6.45, 7) is 0. The molecule has 0 atom stereocenters. The summed E-state index contributed by atoms with van der Waals surface area (Å²) in [6.07, 6.45) is 1.34. The van der Waals surface area contributed by atoms with E-state index in [1.165, 1.54) is 12.3 Å². The molecular formula is C10H6BrClN2O2. The molecule has 0 saturated heterocycles. The first-order valence-electron chi connectivity index (χ1n) is 4.34. The fourth-order valence-electron chi connectivity index (χ4n) is 1.12. The molecule has 0 aliphatic rings. The summed E-state index contributed by atoms with van der Waals surface area (Å²) in [5, 5.41) is 6.72. The zero-order valence-corrected chi connectivity index (χ0v) is 10.2. The second-order valence-electron chi connectivity index (χ2n) is 2.94. The smallest absolute Gasteiger partial charge is 0.277 e. The lowest BCUT2D eigenvalue weighted by molar-refractivity contribution is 0.101. The van der Waals surface area contributed by atoms with Crippen LogP contribution >= 0.6 is 27.5 Å². The van der Waals surface area contributed by atoms with Gasteiger partial charge in [0.25, 0.3) is 5.91 Å². The first-order valence-corrected chi connectivity index (χ1v) is 5.51. The van der Waals surface area contributed by atoms with E-state index in [0.29, 0.717) is 15.2 Å². The van der Waals surface area contributed by atoms with Crippen LogP contribution in [0, 0.1) is 0 Å². The molecule has 0 aliphatic heterocycles. The Balaban J connectivity index is 2.22. The molecule has 0 spiro atoms. The number of carbonyl (C=O) groups excluding carboxylic acids is 1. The van der Waals surface area contributed by atoms with Gasteiger partial charge >= 0.3 is 0 Å². The molecule has 0 saturated carbocycles. The van der Waals surface area contributed by atoms with Crippen molar-refractivity contribution in [2.24, 2.45) is 0 Å². The van der Waals surface area contributed by atoms with Gasteiger partial charge in [-0.25, -0.2) is 0 Å².